The first-order valence-electron chi connectivity index (χ1n) is 5.79. The zero-order valence-corrected chi connectivity index (χ0v) is 14.1. The lowest BCUT2D eigenvalue weighted by atomic mass is 10.1. The van der Waals surface area contributed by atoms with Crippen molar-refractivity contribution in [2.24, 2.45) is 0 Å². The average Bonchev–Trinajstić information content (AvgIpc) is 2.32. The number of alkyl halides is 1. The highest BCUT2D eigenvalue weighted by Gasteiger charge is 2.18. The van der Waals surface area contributed by atoms with E-state index < -0.39 is 0 Å². The Kier molecular flexibility index (Phi) is 6.74. The van der Waals surface area contributed by atoms with Crippen LogP contribution in [0.3, 0.4) is 0 Å². The molecule has 0 heterocycles. The fraction of sp³-hybridized carbons (Fsp3) is 0.462. The minimum atomic E-state index is 0.00779. The van der Waals surface area contributed by atoms with Gasteiger partial charge in [-0.3, -0.25) is 4.79 Å². The van der Waals surface area contributed by atoms with Crippen LogP contribution in [0.25, 0.3) is 0 Å². The van der Waals surface area contributed by atoms with E-state index in [0.29, 0.717) is 23.0 Å². The molecule has 0 aliphatic heterocycles. The molecule has 0 spiro atoms. The van der Waals surface area contributed by atoms with E-state index in [4.69, 9.17) is 23.2 Å². The molecule has 0 unspecified atom stereocenters. The van der Waals surface area contributed by atoms with Crippen LogP contribution < -0.4 is 0 Å². The molecule has 0 aliphatic rings. The normalized spacial score (nSPS) is 10.8. The maximum Gasteiger partial charge on any atom is 0.254 e. The molecule has 18 heavy (non-hydrogen) atoms. The molecule has 0 aromatic heterocycles. The summed E-state index contributed by atoms with van der Waals surface area (Å²) in [5.74, 6) is 0.567. The first-order valence-corrected chi connectivity index (χ1v) is 7.78. The fourth-order valence-corrected chi connectivity index (χ4v) is 2.25. The van der Waals surface area contributed by atoms with Crippen LogP contribution in [-0.4, -0.2) is 29.3 Å². The zero-order valence-electron chi connectivity index (χ0n) is 10.4. The van der Waals surface area contributed by atoms with E-state index >= 15 is 0 Å². The lowest BCUT2D eigenvalue weighted by Gasteiger charge is -2.26. The van der Waals surface area contributed by atoms with Gasteiger partial charge in [-0.25, -0.2) is 0 Å². The van der Waals surface area contributed by atoms with Gasteiger partial charge in [-0.2, -0.15) is 0 Å². The molecule has 0 N–H and O–H groups in total. The Morgan fingerprint density at radius 1 is 1.44 bits per heavy atom. The van der Waals surface area contributed by atoms with Gasteiger partial charge in [0.05, 0.1) is 5.02 Å². The van der Waals surface area contributed by atoms with E-state index in [1.54, 1.807) is 6.07 Å². The fourth-order valence-electron chi connectivity index (χ4n) is 1.62. The van der Waals surface area contributed by atoms with Crippen molar-refractivity contribution < 1.29 is 4.79 Å². The Bertz CT molecular complexity index is 423. The van der Waals surface area contributed by atoms with Crippen molar-refractivity contribution in [3.8, 4) is 0 Å². The van der Waals surface area contributed by atoms with Gasteiger partial charge in [0, 0.05) is 27.6 Å². The molecule has 0 bridgehead atoms. The van der Waals surface area contributed by atoms with Crippen LogP contribution in [-0.2, 0) is 0 Å². The highest BCUT2D eigenvalue weighted by molar-refractivity contribution is 14.1. The van der Waals surface area contributed by atoms with Crippen molar-refractivity contribution in [1.29, 1.82) is 0 Å². The van der Waals surface area contributed by atoms with Crippen molar-refractivity contribution in [1.82, 2.24) is 4.90 Å². The molecular formula is C13H16Cl2INO. The second-order valence-electron chi connectivity index (χ2n) is 4.26. The second kappa shape index (κ2) is 7.56. The first-order chi connectivity index (χ1) is 8.47. The SMILES string of the molecule is CC(C)N(CCCCl)C(=O)c1ccc(I)c(Cl)c1. The highest BCUT2D eigenvalue weighted by Crippen LogP contribution is 2.21. The molecule has 2 nitrogen and oxygen atoms in total. The third-order valence-electron chi connectivity index (χ3n) is 2.58. The summed E-state index contributed by atoms with van der Waals surface area (Å²) >= 11 is 13.9. The number of carbonyl (C=O) groups excluding carboxylic acids is 1. The number of benzene rings is 1. The summed E-state index contributed by atoms with van der Waals surface area (Å²) in [5.41, 5.74) is 0.628. The van der Waals surface area contributed by atoms with E-state index in [1.165, 1.54) is 0 Å². The van der Waals surface area contributed by atoms with Crippen LogP contribution in [0.2, 0.25) is 5.02 Å². The molecule has 5 heteroatoms. The molecule has 1 amide bonds. The summed E-state index contributed by atoms with van der Waals surface area (Å²) in [5, 5.41) is 0.613. The molecule has 1 aromatic carbocycles. The predicted molar refractivity (Wildman–Crippen MR) is 85.7 cm³/mol. The van der Waals surface area contributed by atoms with Crippen molar-refractivity contribution in [2.45, 2.75) is 26.3 Å². The number of hydrogen-bond donors (Lipinski definition) is 0. The van der Waals surface area contributed by atoms with Crippen LogP contribution in [0.4, 0.5) is 0 Å². The van der Waals surface area contributed by atoms with Crippen LogP contribution in [0.15, 0.2) is 18.2 Å². The minimum absolute atomic E-state index is 0.00779. The monoisotopic (exact) mass is 399 g/mol. The predicted octanol–water partition coefficient (Wildman–Crippen LogP) is 4.42. The van der Waals surface area contributed by atoms with E-state index in [2.05, 4.69) is 22.6 Å². The Hall–Kier alpha value is -0.0000000000000000555. The minimum Gasteiger partial charge on any atom is -0.336 e. The van der Waals surface area contributed by atoms with Gasteiger partial charge in [-0.05, 0) is 61.1 Å². The maximum atomic E-state index is 12.4. The summed E-state index contributed by atoms with van der Waals surface area (Å²) in [6.45, 7) is 4.67. The lowest BCUT2D eigenvalue weighted by Crippen LogP contribution is -2.37. The summed E-state index contributed by atoms with van der Waals surface area (Å²) in [6.07, 6.45) is 0.795. The van der Waals surface area contributed by atoms with Crippen LogP contribution in [0, 0.1) is 3.57 Å². The van der Waals surface area contributed by atoms with Gasteiger partial charge in [0.1, 0.15) is 0 Å². The molecule has 1 rings (SSSR count). The Labute approximate surface area is 132 Å². The van der Waals surface area contributed by atoms with Gasteiger partial charge in [0.25, 0.3) is 5.91 Å². The summed E-state index contributed by atoms with van der Waals surface area (Å²) < 4.78 is 0.947. The number of hydrogen-bond acceptors (Lipinski definition) is 1. The molecule has 100 valence electrons. The van der Waals surface area contributed by atoms with Crippen molar-refractivity contribution in [3.63, 3.8) is 0 Å². The number of nitrogens with zero attached hydrogens (tertiary/aromatic N) is 1. The number of amides is 1. The Balaban J connectivity index is 2.91. The standard InChI is InChI=1S/C13H16Cl2INO/c1-9(2)17(7-3-6-14)13(18)10-4-5-12(16)11(15)8-10/h4-5,8-9H,3,6-7H2,1-2H3. The Morgan fingerprint density at radius 3 is 2.61 bits per heavy atom. The van der Waals surface area contributed by atoms with Gasteiger partial charge in [-0.1, -0.05) is 11.6 Å². The van der Waals surface area contributed by atoms with Gasteiger partial charge < -0.3 is 4.90 Å². The third kappa shape index (κ3) is 4.28. The quantitative estimate of drug-likeness (QED) is 0.530. The number of carbonyl (C=O) groups is 1. The van der Waals surface area contributed by atoms with Gasteiger partial charge >= 0.3 is 0 Å². The van der Waals surface area contributed by atoms with Gasteiger partial charge in [0.15, 0.2) is 0 Å². The zero-order chi connectivity index (χ0) is 13.7. The van der Waals surface area contributed by atoms with Gasteiger partial charge in [0.2, 0.25) is 0 Å². The molecule has 0 saturated carbocycles. The van der Waals surface area contributed by atoms with Crippen LogP contribution in [0.5, 0.6) is 0 Å². The highest BCUT2D eigenvalue weighted by atomic mass is 127. The molecule has 0 radical (unpaired) electrons. The van der Waals surface area contributed by atoms with E-state index in [1.807, 2.05) is 30.9 Å². The summed E-state index contributed by atoms with van der Waals surface area (Å²) in [7, 11) is 0. The topological polar surface area (TPSA) is 20.3 Å². The average molecular weight is 400 g/mol. The number of rotatable bonds is 5. The van der Waals surface area contributed by atoms with Crippen molar-refractivity contribution >= 4 is 51.7 Å². The van der Waals surface area contributed by atoms with E-state index in [9.17, 15) is 4.79 Å². The van der Waals surface area contributed by atoms with E-state index in [-0.39, 0.29) is 11.9 Å². The van der Waals surface area contributed by atoms with Crippen LogP contribution in [0.1, 0.15) is 30.6 Å². The van der Waals surface area contributed by atoms with Crippen molar-refractivity contribution in [3.05, 3.63) is 32.4 Å². The first kappa shape index (κ1) is 16.1. The largest absolute Gasteiger partial charge is 0.336 e. The molecule has 0 aliphatic carbocycles. The second-order valence-corrected chi connectivity index (χ2v) is 6.21. The van der Waals surface area contributed by atoms with Crippen molar-refractivity contribution in [2.75, 3.05) is 12.4 Å². The molecule has 0 saturated heterocycles. The molecule has 0 fully saturated rings. The van der Waals surface area contributed by atoms with E-state index in [0.717, 1.165) is 9.99 Å². The summed E-state index contributed by atoms with van der Waals surface area (Å²) in [4.78, 5) is 14.2. The maximum absolute atomic E-state index is 12.4. The molecular weight excluding hydrogens is 384 g/mol. The van der Waals surface area contributed by atoms with Gasteiger partial charge in [-0.15, -0.1) is 11.6 Å². The molecule has 1 aromatic rings. The Morgan fingerprint density at radius 2 is 2.11 bits per heavy atom. The molecule has 0 atom stereocenters. The lowest BCUT2D eigenvalue weighted by molar-refractivity contribution is 0.0706. The smallest absolute Gasteiger partial charge is 0.254 e. The summed E-state index contributed by atoms with van der Waals surface area (Å²) in [6, 6.07) is 5.54. The third-order valence-corrected chi connectivity index (χ3v) is 4.42. The van der Waals surface area contributed by atoms with Crippen LogP contribution >= 0.6 is 45.8 Å². The number of halogens is 3.